The van der Waals surface area contributed by atoms with E-state index < -0.39 is 23.7 Å². The first-order chi connectivity index (χ1) is 17.9. The van der Waals surface area contributed by atoms with Crippen molar-refractivity contribution in [1.82, 2.24) is 0 Å². The molecule has 7 nitrogen and oxygen atoms in total. The zero-order chi connectivity index (χ0) is 26.1. The van der Waals surface area contributed by atoms with Gasteiger partial charge >= 0.3 is 5.97 Å². The number of amides is 1. The van der Waals surface area contributed by atoms with Crippen molar-refractivity contribution in [1.29, 1.82) is 5.26 Å². The molecule has 4 aromatic rings. The minimum absolute atomic E-state index is 0.0649. The Hall–Kier alpha value is -5.22. The summed E-state index contributed by atoms with van der Waals surface area (Å²) in [4.78, 5) is 39.3. The third-order valence-electron chi connectivity index (χ3n) is 6.20. The number of esters is 1. The topological polar surface area (TPSA) is 108 Å². The molecule has 37 heavy (non-hydrogen) atoms. The highest BCUT2D eigenvalue weighted by Crippen LogP contribution is 2.42. The van der Waals surface area contributed by atoms with Crippen LogP contribution in [-0.2, 0) is 14.4 Å². The molecule has 1 unspecified atom stereocenters. The molecule has 1 aliphatic heterocycles. The summed E-state index contributed by atoms with van der Waals surface area (Å²) in [7, 11) is 0. The highest BCUT2D eigenvalue weighted by Gasteiger charge is 2.47. The predicted molar refractivity (Wildman–Crippen MR) is 138 cm³/mol. The van der Waals surface area contributed by atoms with E-state index in [-0.39, 0.29) is 11.3 Å². The van der Waals surface area contributed by atoms with E-state index in [1.165, 1.54) is 11.8 Å². The largest absolute Gasteiger partial charge is 0.507 e. The second kappa shape index (κ2) is 9.44. The van der Waals surface area contributed by atoms with Gasteiger partial charge in [0, 0.05) is 18.2 Å². The molecule has 4 aromatic carbocycles. The number of Topliss-reactive ketones (excluding diaryl/α,β-unsaturated/α-hetero) is 1. The molecule has 0 saturated carbocycles. The van der Waals surface area contributed by atoms with Crippen LogP contribution < -0.4 is 9.64 Å². The normalized spacial score (nSPS) is 16.5. The number of nitrogens with zero attached hydrogens (tertiary/aromatic N) is 2. The fourth-order valence-electron chi connectivity index (χ4n) is 4.49. The number of rotatable bonds is 4. The number of benzene rings is 4. The van der Waals surface area contributed by atoms with E-state index in [0.29, 0.717) is 28.1 Å². The lowest BCUT2D eigenvalue weighted by molar-refractivity contribution is -0.132. The summed E-state index contributed by atoms with van der Waals surface area (Å²) in [6.45, 7) is 1.29. The average Bonchev–Trinajstić information content (AvgIpc) is 3.18. The van der Waals surface area contributed by atoms with E-state index >= 15 is 0 Å². The van der Waals surface area contributed by atoms with Gasteiger partial charge in [-0.3, -0.25) is 19.3 Å². The number of hydrogen-bond acceptors (Lipinski definition) is 6. The van der Waals surface area contributed by atoms with E-state index in [4.69, 9.17) is 10.00 Å². The smallest absolute Gasteiger partial charge is 0.308 e. The molecule has 0 aliphatic carbocycles. The van der Waals surface area contributed by atoms with Gasteiger partial charge in [0.15, 0.2) is 0 Å². The zero-order valence-corrected chi connectivity index (χ0v) is 19.7. The van der Waals surface area contributed by atoms with Crippen molar-refractivity contribution in [2.75, 3.05) is 4.90 Å². The molecule has 1 heterocycles. The Morgan fingerprint density at radius 2 is 1.59 bits per heavy atom. The van der Waals surface area contributed by atoms with Crippen molar-refractivity contribution < 1.29 is 24.2 Å². The summed E-state index contributed by atoms with van der Waals surface area (Å²) in [5, 5.41) is 22.4. The molecule has 0 spiro atoms. The van der Waals surface area contributed by atoms with Gasteiger partial charge in [-0.1, -0.05) is 48.5 Å². The lowest BCUT2D eigenvalue weighted by atomic mass is 9.94. The van der Waals surface area contributed by atoms with Gasteiger partial charge in [-0.25, -0.2) is 0 Å². The van der Waals surface area contributed by atoms with Crippen LogP contribution in [0.2, 0.25) is 0 Å². The highest BCUT2D eigenvalue weighted by atomic mass is 16.5. The number of aliphatic hydroxyl groups is 1. The Morgan fingerprint density at radius 3 is 2.24 bits per heavy atom. The van der Waals surface area contributed by atoms with Crippen molar-refractivity contribution in [3.63, 3.8) is 0 Å². The van der Waals surface area contributed by atoms with Gasteiger partial charge in [0.2, 0.25) is 0 Å². The van der Waals surface area contributed by atoms with Crippen LogP contribution in [0.4, 0.5) is 5.69 Å². The Morgan fingerprint density at radius 1 is 0.919 bits per heavy atom. The SMILES string of the molecule is CC(=O)Oc1ccc(C2/C(=C(/O)c3ccc4ccccc4c3)C(=O)C(=O)N2c2ccc(C#N)cc2)cc1. The van der Waals surface area contributed by atoms with E-state index in [0.717, 1.165) is 10.8 Å². The maximum atomic E-state index is 13.4. The Kier molecular flexibility index (Phi) is 6.00. The van der Waals surface area contributed by atoms with Crippen LogP contribution in [0.25, 0.3) is 16.5 Å². The van der Waals surface area contributed by atoms with Gasteiger partial charge in [0.1, 0.15) is 11.5 Å². The predicted octanol–water partition coefficient (Wildman–Crippen LogP) is 5.26. The van der Waals surface area contributed by atoms with E-state index in [2.05, 4.69) is 0 Å². The molecule has 7 heteroatoms. The summed E-state index contributed by atoms with van der Waals surface area (Å²) in [5.41, 5.74) is 1.66. The summed E-state index contributed by atoms with van der Waals surface area (Å²) >= 11 is 0. The second-order valence-corrected chi connectivity index (χ2v) is 8.55. The lowest BCUT2D eigenvalue weighted by Crippen LogP contribution is -2.29. The monoisotopic (exact) mass is 488 g/mol. The van der Waals surface area contributed by atoms with E-state index in [1.54, 1.807) is 60.7 Å². The van der Waals surface area contributed by atoms with Gasteiger partial charge in [-0.05, 0) is 58.8 Å². The summed E-state index contributed by atoms with van der Waals surface area (Å²) in [6, 6.07) is 26.7. The molecule has 180 valence electrons. The fraction of sp³-hybridized carbons (Fsp3) is 0.0667. The maximum absolute atomic E-state index is 13.4. The molecule has 0 aromatic heterocycles. The number of nitriles is 1. The average molecular weight is 488 g/mol. The molecule has 5 rings (SSSR count). The van der Waals surface area contributed by atoms with E-state index in [9.17, 15) is 19.5 Å². The minimum Gasteiger partial charge on any atom is -0.507 e. The van der Waals surface area contributed by atoms with Crippen molar-refractivity contribution in [2.24, 2.45) is 0 Å². The fourth-order valence-corrected chi connectivity index (χ4v) is 4.49. The number of carbonyl (C=O) groups excluding carboxylic acids is 3. The molecule has 0 bridgehead atoms. The number of hydrogen-bond donors (Lipinski definition) is 1. The molecule has 0 radical (unpaired) electrons. The summed E-state index contributed by atoms with van der Waals surface area (Å²) < 4.78 is 5.12. The quantitative estimate of drug-likeness (QED) is 0.138. The zero-order valence-electron chi connectivity index (χ0n) is 19.7. The van der Waals surface area contributed by atoms with Crippen molar-refractivity contribution in [3.05, 3.63) is 113 Å². The number of ketones is 1. The van der Waals surface area contributed by atoms with Crippen molar-refractivity contribution >= 4 is 39.9 Å². The third kappa shape index (κ3) is 4.32. The van der Waals surface area contributed by atoms with Gasteiger partial charge in [0.25, 0.3) is 11.7 Å². The van der Waals surface area contributed by atoms with Crippen LogP contribution in [-0.4, -0.2) is 22.8 Å². The number of anilines is 1. The van der Waals surface area contributed by atoms with Crippen LogP contribution in [0.15, 0.2) is 96.6 Å². The molecular weight excluding hydrogens is 468 g/mol. The van der Waals surface area contributed by atoms with Crippen LogP contribution in [0, 0.1) is 11.3 Å². The number of carbonyl (C=O) groups is 3. The minimum atomic E-state index is -0.953. The molecule has 1 saturated heterocycles. The lowest BCUT2D eigenvalue weighted by Gasteiger charge is -2.25. The Labute approximate surface area is 212 Å². The number of ether oxygens (including phenoxy) is 1. The second-order valence-electron chi connectivity index (χ2n) is 8.55. The van der Waals surface area contributed by atoms with Gasteiger partial charge in [-0.15, -0.1) is 0 Å². The highest BCUT2D eigenvalue weighted by molar-refractivity contribution is 6.51. The van der Waals surface area contributed by atoms with Crippen LogP contribution >= 0.6 is 0 Å². The van der Waals surface area contributed by atoms with Crippen molar-refractivity contribution in [3.8, 4) is 11.8 Å². The number of fused-ring (bicyclic) bond motifs is 1. The Balaban J connectivity index is 1.68. The van der Waals surface area contributed by atoms with Gasteiger partial charge in [0.05, 0.1) is 23.2 Å². The summed E-state index contributed by atoms with van der Waals surface area (Å²) in [5.74, 6) is -2.10. The van der Waals surface area contributed by atoms with Crippen LogP contribution in [0.5, 0.6) is 5.75 Å². The van der Waals surface area contributed by atoms with Gasteiger partial charge in [-0.2, -0.15) is 5.26 Å². The van der Waals surface area contributed by atoms with Crippen LogP contribution in [0.3, 0.4) is 0 Å². The van der Waals surface area contributed by atoms with Gasteiger partial charge < -0.3 is 9.84 Å². The molecule has 1 atom stereocenters. The molecule has 1 fully saturated rings. The molecule has 1 aliphatic rings. The third-order valence-corrected chi connectivity index (χ3v) is 6.20. The first kappa shape index (κ1) is 23.5. The molecule has 1 amide bonds. The Bertz CT molecular complexity index is 1630. The maximum Gasteiger partial charge on any atom is 0.308 e. The first-order valence-electron chi connectivity index (χ1n) is 11.5. The summed E-state index contributed by atoms with van der Waals surface area (Å²) in [6.07, 6.45) is 0. The molecular formula is C30H20N2O5. The number of aliphatic hydroxyl groups excluding tert-OH is 1. The standard InChI is InChI=1S/C30H20N2O5/c1-18(33)37-25-14-10-21(11-15-25)27-26(28(34)23-9-8-20-4-2-3-5-22(20)16-23)29(35)30(36)32(27)24-12-6-19(17-31)7-13-24/h2-16,27,34H,1H3/b28-26-. The van der Waals surface area contributed by atoms with Crippen LogP contribution in [0.1, 0.15) is 29.7 Å². The molecule has 1 N–H and O–H groups in total. The van der Waals surface area contributed by atoms with Crippen molar-refractivity contribution in [2.45, 2.75) is 13.0 Å². The first-order valence-corrected chi connectivity index (χ1v) is 11.5. The van der Waals surface area contributed by atoms with E-state index in [1.807, 2.05) is 36.4 Å².